The molecule has 1 saturated carbocycles. The van der Waals surface area contributed by atoms with Gasteiger partial charge < -0.3 is 15.7 Å². The number of nitrogen functional groups attached to an aromatic ring is 1. The van der Waals surface area contributed by atoms with E-state index in [1.54, 1.807) is 0 Å². The Bertz CT molecular complexity index is 826. The summed E-state index contributed by atoms with van der Waals surface area (Å²) >= 11 is 1.20. The molecule has 0 saturated heterocycles. The number of rotatable bonds is 5. The fourth-order valence-corrected chi connectivity index (χ4v) is 3.97. The lowest BCUT2D eigenvalue weighted by Crippen LogP contribution is -2.20. The summed E-state index contributed by atoms with van der Waals surface area (Å²) in [6, 6.07) is 2.59. The molecule has 0 atom stereocenters. The molecule has 3 rings (SSSR count). The van der Waals surface area contributed by atoms with Crippen molar-refractivity contribution in [3.8, 4) is 6.07 Å². The van der Waals surface area contributed by atoms with Crippen molar-refractivity contribution in [3.05, 3.63) is 23.1 Å². The summed E-state index contributed by atoms with van der Waals surface area (Å²) in [5.74, 6) is 6.22. The first-order chi connectivity index (χ1) is 12.0. The number of anilines is 1. The SMILES string of the molecule is Cc1c(C#N)c(NC(=O)CSc2nncn2N)n(C2CCCC2)c1C. The number of carbonyl (C=O) groups excluding carboxylic acids is 1. The van der Waals surface area contributed by atoms with E-state index < -0.39 is 0 Å². The third kappa shape index (κ3) is 3.35. The van der Waals surface area contributed by atoms with Crippen LogP contribution in [-0.4, -0.2) is 31.1 Å². The largest absolute Gasteiger partial charge is 0.336 e. The van der Waals surface area contributed by atoms with E-state index in [1.165, 1.54) is 35.6 Å². The van der Waals surface area contributed by atoms with Gasteiger partial charge >= 0.3 is 0 Å². The second-order valence-electron chi connectivity index (χ2n) is 6.21. The maximum absolute atomic E-state index is 12.4. The Hall–Kier alpha value is -2.47. The van der Waals surface area contributed by atoms with Crippen LogP contribution in [0.15, 0.2) is 11.5 Å². The molecule has 0 aliphatic heterocycles. The number of nitrogens with one attached hydrogen (secondary N) is 1. The fourth-order valence-electron chi connectivity index (χ4n) is 3.34. The molecule has 1 aliphatic rings. The fraction of sp³-hybridized carbons (Fsp3) is 0.500. The van der Waals surface area contributed by atoms with E-state index in [-0.39, 0.29) is 11.7 Å². The Labute approximate surface area is 150 Å². The van der Waals surface area contributed by atoms with E-state index in [0.29, 0.717) is 22.6 Å². The second-order valence-corrected chi connectivity index (χ2v) is 7.15. The molecular weight excluding hydrogens is 338 g/mol. The van der Waals surface area contributed by atoms with Gasteiger partial charge in [0.25, 0.3) is 0 Å². The molecule has 25 heavy (non-hydrogen) atoms. The molecule has 2 heterocycles. The van der Waals surface area contributed by atoms with Gasteiger partial charge in [0.1, 0.15) is 18.2 Å². The van der Waals surface area contributed by atoms with E-state index in [9.17, 15) is 10.1 Å². The molecule has 132 valence electrons. The van der Waals surface area contributed by atoms with Crippen molar-refractivity contribution in [3.63, 3.8) is 0 Å². The Morgan fingerprint density at radius 3 is 2.80 bits per heavy atom. The van der Waals surface area contributed by atoms with Crippen molar-refractivity contribution in [1.82, 2.24) is 19.4 Å². The van der Waals surface area contributed by atoms with Crippen LogP contribution in [0.5, 0.6) is 0 Å². The van der Waals surface area contributed by atoms with Gasteiger partial charge in [0, 0.05) is 11.7 Å². The Morgan fingerprint density at radius 2 is 2.20 bits per heavy atom. The van der Waals surface area contributed by atoms with Crippen molar-refractivity contribution in [2.45, 2.75) is 50.7 Å². The number of nitrogens with zero attached hydrogens (tertiary/aromatic N) is 5. The molecule has 1 fully saturated rings. The molecule has 1 amide bonds. The lowest BCUT2D eigenvalue weighted by Gasteiger charge is -2.19. The predicted molar refractivity (Wildman–Crippen MR) is 95.7 cm³/mol. The Balaban J connectivity index is 1.81. The van der Waals surface area contributed by atoms with Crippen LogP contribution in [0, 0.1) is 25.2 Å². The first-order valence-electron chi connectivity index (χ1n) is 8.22. The molecule has 0 aromatic carbocycles. The Kier molecular flexibility index (Phi) is 4.99. The number of aromatic nitrogens is 4. The lowest BCUT2D eigenvalue weighted by atomic mass is 10.2. The number of carbonyl (C=O) groups is 1. The highest BCUT2D eigenvalue weighted by Crippen LogP contribution is 2.37. The summed E-state index contributed by atoms with van der Waals surface area (Å²) in [5, 5.41) is 20.5. The van der Waals surface area contributed by atoms with Gasteiger partial charge in [0.05, 0.1) is 11.3 Å². The smallest absolute Gasteiger partial charge is 0.235 e. The number of nitrogens with two attached hydrogens (primary N) is 1. The normalized spacial score (nSPS) is 14.6. The molecule has 0 spiro atoms. The van der Waals surface area contributed by atoms with Crippen LogP contribution in [0.25, 0.3) is 0 Å². The van der Waals surface area contributed by atoms with Crippen molar-refractivity contribution in [2.75, 3.05) is 16.9 Å². The van der Waals surface area contributed by atoms with E-state index in [4.69, 9.17) is 5.84 Å². The minimum absolute atomic E-state index is 0.148. The van der Waals surface area contributed by atoms with Gasteiger partial charge in [-0.3, -0.25) is 4.79 Å². The zero-order valence-electron chi connectivity index (χ0n) is 14.3. The number of hydrogen-bond acceptors (Lipinski definition) is 6. The molecule has 2 aromatic heterocycles. The summed E-state index contributed by atoms with van der Waals surface area (Å²) in [6.45, 7) is 3.94. The zero-order chi connectivity index (χ0) is 18.0. The van der Waals surface area contributed by atoms with Gasteiger partial charge in [0.15, 0.2) is 0 Å². The van der Waals surface area contributed by atoms with Crippen LogP contribution in [0.1, 0.15) is 48.5 Å². The minimum atomic E-state index is -0.193. The molecule has 1 aliphatic carbocycles. The van der Waals surface area contributed by atoms with Gasteiger partial charge in [0.2, 0.25) is 11.1 Å². The minimum Gasteiger partial charge on any atom is -0.336 e. The second kappa shape index (κ2) is 7.19. The molecule has 8 nitrogen and oxygen atoms in total. The highest BCUT2D eigenvalue weighted by Gasteiger charge is 2.26. The summed E-state index contributed by atoms with van der Waals surface area (Å²) in [5.41, 5.74) is 2.52. The van der Waals surface area contributed by atoms with Gasteiger partial charge in [-0.1, -0.05) is 24.6 Å². The molecule has 0 unspecified atom stereocenters. The van der Waals surface area contributed by atoms with E-state index in [1.807, 2.05) is 13.8 Å². The van der Waals surface area contributed by atoms with E-state index in [0.717, 1.165) is 24.1 Å². The van der Waals surface area contributed by atoms with Crippen molar-refractivity contribution in [1.29, 1.82) is 5.26 Å². The van der Waals surface area contributed by atoms with Crippen LogP contribution in [0.2, 0.25) is 0 Å². The van der Waals surface area contributed by atoms with Crippen LogP contribution in [0.3, 0.4) is 0 Å². The van der Waals surface area contributed by atoms with Crippen LogP contribution < -0.4 is 11.2 Å². The monoisotopic (exact) mass is 359 g/mol. The summed E-state index contributed by atoms with van der Waals surface area (Å²) < 4.78 is 3.41. The number of nitriles is 1. The highest BCUT2D eigenvalue weighted by molar-refractivity contribution is 7.99. The predicted octanol–water partition coefficient (Wildman–Crippen LogP) is 2.13. The summed E-state index contributed by atoms with van der Waals surface area (Å²) in [7, 11) is 0. The molecular formula is C16H21N7OS. The van der Waals surface area contributed by atoms with Crippen LogP contribution >= 0.6 is 11.8 Å². The molecule has 9 heteroatoms. The average molecular weight is 359 g/mol. The number of hydrogen-bond donors (Lipinski definition) is 2. The molecule has 0 bridgehead atoms. The first-order valence-corrected chi connectivity index (χ1v) is 9.20. The van der Waals surface area contributed by atoms with Crippen LogP contribution in [-0.2, 0) is 4.79 Å². The summed E-state index contributed by atoms with van der Waals surface area (Å²) in [4.78, 5) is 12.4. The van der Waals surface area contributed by atoms with Crippen molar-refractivity contribution < 1.29 is 4.79 Å². The van der Waals surface area contributed by atoms with Gasteiger partial charge in [-0.15, -0.1) is 10.2 Å². The van der Waals surface area contributed by atoms with Gasteiger partial charge in [-0.25, -0.2) is 4.68 Å². The standard InChI is InChI=1S/C16H21N7OS/c1-10-11(2)23(12-5-3-4-6-12)15(13(10)7-17)20-14(24)8-25-16-21-19-9-22(16)18/h9,12H,3-6,8,18H2,1-2H3,(H,20,24). The van der Waals surface area contributed by atoms with E-state index >= 15 is 0 Å². The zero-order valence-corrected chi connectivity index (χ0v) is 15.1. The van der Waals surface area contributed by atoms with Crippen molar-refractivity contribution in [2.24, 2.45) is 0 Å². The lowest BCUT2D eigenvalue weighted by molar-refractivity contribution is -0.113. The van der Waals surface area contributed by atoms with Crippen molar-refractivity contribution >= 4 is 23.5 Å². The van der Waals surface area contributed by atoms with Crippen LogP contribution in [0.4, 0.5) is 5.82 Å². The summed E-state index contributed by atoms with van der Waals surface area (Å²) in [6.07, 6.45) is 5.89. The first kappa shape index (κ1) is 17.4. The molecule has 2 aromatic rings. The van der Waals surface area contributed by atoms with Gasteiger partial charge in [-0.05, 0) is 32.3 Å². The molecule has 3 N–H and O–H groups in total. The quantitative estimate of drug-likeness (QED) is 0.624. The number of thioether (sulfide) groups is 1. The van der Waals surface area contributed by atoms with E-state index in [2.05, 4.69) is 26.2 Å². The highest BCUT2D eigenvalue weighted by atomic mass is 32.2. The topological polar surface area (TPSA) is 115 Å². The van der Waals surface area contributed by atoms with Gasteiger partial charge in [-0.2, -0.15) is 5.26 Å². The maximum atomic E-state index is 12.4. The third-order valence-corrected chi connectivity index (χ3v) is 5.65. The Morgan fingerprint density at radius 1 is 1.48 bits per heavy atom. The third-order valence-electron chi connectivity index (χ3n) is 4.69. The number of amides is 1. The average Bonchev–Trinajstić information content (AvgIpc) is 3.29. The maximum Gasteiger partial charge on any atom is 0.235 e. The molecule has 0 radical (unpaired) electrons.